The molecule has 100 valence electrons. The van der Waals surface area contributed by atoms with Gasteiger partial charge >= 0.3 is 0 Å². The van der Waals surface area contributed by atoms with Gasteiger partial charge in [-0.05, 0) is 38.0 Å². The second kappa shape index (κ2) is 4.53. The van der Waals surface area contributed by atoms with E-state index in [2.05, 4.69) is 5.32 Å². The maximum Gasteiger partial charge on any atom is 0.230 e. The molecule has 1 saturated carbocycles. The first-order chi connectivity index (χ1) is 9.06. The topological polar surface area (TPSA) is 49.4 Å². The number of hydrogen-bond acceptors (Lipinski definition) is 2. The predicted octanol–water partition coefficient (Wildman–Crippen LogP) is 2.81. The molecule has 1 unspecified atom stereocenters. The first-order valence-corrected chi connectivity index (χ1v) is 6.86. The van der Waals surface area contributed by atoms with E-state index < -0.39 is 0 Å². The summed E-state index contributed by atoms with van der Waals surface area (Å²) < 4.78 is 0. The number of amides is 2. The van der Waals surface area contributed by atoms with Gasteiger partial charge in [0.1, 0.15) is 0 Å². The lowest BCUT2D eigenvalue weighted by molar-refractivity contribution is -0.120. The molecule has 1 aliphatic heterocycles. The van der Waals surface area contributed by atoms with Crippen molar-refractivity contribution < 1.29 is 9.59 Å². The van der Waals surface area contributed by atoms with Gasteiger partial charge in [0.05, 0.1) is 11.4 Å². The monoisotopic (exact) mass is 278 g/mol. The Morgan fingerprint density at radius 1 is 1.42 bits per heavy atom. The lowest BCUT2D eigenvalue weighted by Gasteiger charge is -2.28. The molecule has 5 heteroatoms. The Morgan fingerprint density at radius 2 is 2.16 bits per heavy atom. The van der Waals surface area contributed by atoms with Gasteiger partial charge in [0, 0.05) is 23.4 Å². The van der Waals surface area contributed by atoms with E-state index >= 15 is 0 Å². The summed E-state index contributed by atoms with van der Waals surface area (Å²) in [5.74, 6) is 0.161. The van der Waals surface area contributed by atoms with Crippen LogP contribution in [-0.4, -0.2) is 17.9 Å². The van der Waals surface area contributed by atoms with E-state index in [9.17, 15) is 9.59 Å². The molecule has 1 N–H and O–H groups in total. The van der Waals surface area contributed by atoms with E-state index in [1.807, 2.05) is 6.92 Å². The summed E-state index contributed by atoms with van der Waals surface area (Å²) in [7, 11) is 0. The molecule has 0 aromatic heterocycles. The maximum absolute atomic E-state index is 12.4. The van der Waals surface area contributed by atoms with E-state index in [1.165, 1.54) is 0 Å². The lowest BCUT2D eigenvalue weighted by Crippen LogP contribution is -2.40. The van der Waals surface area contributed by atoms with E-state index in [4.69, 9.17) is 11.6 Å². The molecule has 4 nitrogen and oxygen atoms in total. The Labute approximate surface area is 116 Å². The smallest absolute Gasteiger partial charge is 0.230 e. The number of benzene rings is 1. The third-order valence-corrected chi connectivity index (χ3v) is 3.81. The number of anilines is 2. The second-order valence-corrected chi connectivity index (χ2v) is 5.68. The highest BCUT2D eigenvalue weighted by atomic mass is 35.5. The van der Waals surface area contributed by atoms with Gasteiger partial charge in [-0.3, -0.25) is 9.59 Å². The number of hydrogen-bond donors (Lipinski definition) is 1. The van der Waals surface area contributed by atoms with Gasteiger partial charge in [-0.1, -0.05) is 11.6 Å². The molecule has 1 heterocycles. The van der Waals surface area contributed by atoms with Crippen LogP contribution >= 0.6 is 11.6 Å². The molecular weight excluding hydrogens is 264 g/mol. The Bertz CT molecular complexity index is 554. The van der Waals surface area contributed by atoms with E-state index in [0.29, 0.717) is 17.1 Å². The maximum atomic E-state index is 12.4. The minimum Gasteiger partial charge on any atom is -0.324 e. The standard InChI is InChI=1S/C14H15ClN2O2/c1-8-6-13(18)16-11-7-10(15)4-5-12(11)17(8)14(19)9-2-3-9/h4-5,7-9H,2-3,6H2,1H3,(H,16,18). The van der Waals surface area contributed by atoms with Crippen LogP contribution in [0.3, 0.4) is 0 Å². The average molecular weight is 279 g/mol. The SMILES string of the molecule is CC1CC(=O)Nc2cc(Cl)ccc2N1C(=O)C1CC1. The van der Waals surface area contributed by atoms with Crippen molar-refractivity contribution in [3.05, 3.63) is 23.2 Å². The molecular formula is C14H15ClN2O2. The Hall–Kier alpha value is -1.55. The molecule has 0 bridgehead atoms. The van der Waals surface area contributed by atoms with Gasteiger partial charge in [0.25, 0.3) is 0 Å². The largest absolute Gasteiger partial charge is 0.324 e. The van der Waals surface area contributed by atoms with Crippen molar-refractivity contribution in [3.8, 4) is 0 Å². The molecule has 1 aromatic carbocycles. The zero-order valence-corrected chi connectivity index (χ0v) is 11.4. The van der Waals surface area contributed by atoms with Gasteiger partial charge in [0.15, 0.2) is 0 Å². The average Bonchev–Trinajstić information content (AvgIpc) is 3.14. The zero-order valence-electron chi connectivity index (χ0n) is 10.6. The molecule has 19 heavy (non-hydrogen) atoms. The summed E-state index contributed by atoms with van der Waals surface area (Å²) >= 11 is 5.96. The van der Waals surface area contributed by atoms with Crippen molar-refractivity contribution in [2.45, 2.75) is 32.2 Å². The molecule has 3 rings (SSSR count). The molecule has 1 fully saturated rings. The van der Waals surface area contributed by atoms with Gasteiger partial charge in [0.2, 0.25) is 11.8 Å². The molecule has 1 aromatic rings. The molecule has 0 saturated heterocycles. The van der Waals surface area contributed by atoms with Crippen LogP contribution in [0.25, 0.3) is 0 Å². The zero-order chi connectivity index (χ0) is 13.6. The molecule has 1 aliphatic carbocycles. The highest BCUT2D eigenvalue weighted by Gasteiger charge is 2.38. The summed E-state index contributed by atoms with van der Waals surface area (Å²) in [6.45, 7) is 1.91. The van der Waals surface area contributed by atoms with Crippen molar-refractivity contribution in [1.82, 2.24) is 0 Å². The van der Waals surface area contributed by atoms with Crippen LogP contribution in [0.15, 0.2) is 18.2 Å². The van der Waals surface area contributed by atoms with Gasteiger partial charge in [-0.15, -0.1) is 0 Å². The highest BCUT2D eigenvalue weighted by Crippen LogP contribution is 2.38. The molecule has 0 spiro atoms. The van der Waals surface area contributed by atoms with Crippen LogP contribution in [-0.2, 0) is 9.59 Å². The molecule has 0 radical (unpaired) electrons. The Balaban J connectivity index is 2.06. The Morgan fingerprint density at radius 3 is 2.84 bits per heavy atom. The fraction of sp³-hybridized carbons (Fsp3) is 0.429. The van der Waals surface area contributed by atoms with Crippen molar-refractivity contribution in [3.63, 3.8) is 0 Å². The molecule has 2 aliphatic rings. The Kier molecular flexibility index (Phi) is 2.97. The van der Waals surface area contributed by atoms with Crippen molar-refractivity contribution in [2.24, 2.45) is 5.92 Å². The number of halogens is 1. The third-order valence-electron chi connectivity index (χ3n) is 3.58. The lowest BCUT2D eigenvalue weighted by atomic mass is 10.1. The van der Waals surface area contributed by atoms with Crippen LogP contribution in [0.5, 0.6) is 0 Å². The van der Waals surface area contributed by atoms with E-state index in [-0.39, 0.29) is 23.8 Å². The summed E-state index contributed by atoms with van der Waals surface area (Å²) in [5, 5.41) is 3.37. The van der Waals surface area contributed by atoms with Gasteiger partial charge < -0.3 is 10.2 Å². The number of carbonyl (C=O) groups excluding carboxylic acids is 2. The fourth-order valence-electron chi connectivity index (χ4n) is 2.48. The fourth-order valence-corrected chi connectivity index (χ4v) is 2.65. The normalized spacial score (nSPS) is 22.5. The minimum atomic E-state index is -0.129. The van der Waals surface area contributed by atoms with Crippen LogP contribution < -0.4 is 10.2 Å². The summed E-state index contributed by atoms with van der Waals surface area (Å²) in [5.41, 5.74) is 1.37. The second-order valence-electron chi connectivity index (χ2n) is 5.25. The van der Waals surface area contributed by atoms with E-state index in [1.54, 1.807) is 23.1 Å². The minimum absolute atomic E-state index is 0.0814. The molecule has 2 amide bonds. The van der Waals surface area contributed by atoms with Crippen LogP contribution in [0, 0.1) is 5.92 Å². The number of fused-ring (bicyclic) bond motifs is 1. The quantitative estimate of drug-likeness (QED) is 0.859. The van der Waals surface area contributed by atoms with Crippen molar-refractivity contribution in [2.75, 3.05) is 10.2 Å². The van der Waals surface area contributed by atoms with E-state index in [0.717, 1.165) is 18.5 Å². The first-order valence-electron chi connectivity index (χ1n) is 6.49. The van der Waals surface area contributed by atoms with Crippen molar-refractivity contribution in [1.29, 1.82) is 0 Å². The van der Waals surface area contributed by atoms with Gasteiger partial charge in [-0.2, -0.15) is 0 Å². The highest BCUT2D eigenvalue weighted by molar-refractivity contribution is 6.31. The van der Waals surface area contributed by atoms with Crippen LogP contribution in [0.4, 0.5) is 11.4 Å². The first kappa shape index (κ1) is 12.5. The predicted molar refractivity (Wildman–Crippen MR) is 74.4 cm³/mol. The summed E-state index contributed by atoms with van der Waals surface area (Å²) in [6.07, 6.45) is 2.21. The molecule has 1 atom stereocenters. The van der Waals surface area contributed by atoms with Crippen molar-refractivity contribution >= 4 is 34.8 Å². The number of nitrogens with one attached hydrogen (secondary N) is 1. The van der Waals surface area contributed by atoms with Gasteiger partial charge in [-0.25, -0.2) is 0 Å². The summed E-state index contributed by atoms with van der Waals surface area (Å²) in [6, 6.07) is 5.12. The van der Waals surface area contributed by atoms with Crippen LogP contribution in [0.2, 0.25) is 5.02 Å². The number of carbonyl (C=O) groups is 2. The number of nitrogens with zero attached hydrogens (tertiary/aromatic N) is 1. The number of rotatable bonds is 1. The summed E-state index contributed by atoms with van der Waals surface area (Å²) in [4.78, 5) is 26.0. The van der Waals surface area contributed by atoms with Crippen LogP contribution in [0.1, 0.15) is 26.2 Å². The third kappa shape index (κ3) is 2.32.